The summed E-state index contributed by atoms with van der Waals surface area (Å²) in [5, 5.41) is 0. The quantitative estimate of drug-likeness (QED) is 0.839. The van der Waals surface area contributed by atoms with Crippen LogP contribution < -0.4 is 0 Å². The van der Waals surface area contributed by atoms with Crippen LogP contribution in [0.25, 0.3) is 0 Å². The van der Waals surface area contributed by atoms with Gasteiger partial charge < -0.3 is 14.5 Å². The lowest BCUT2D eigenvalue weighted by molar-refractivity contribution is -0.125. The predicted octanol–water partition coefficient (Wildman–Crippen LogP) is 2.54. The number of carbonyl (C=O) groups excluding carboxylic acids is 1. The van der Waals surface area contributed by atoms with Crippen LogP contribution in [0.3, 0.4) is 0 Å². The van der Waals surface area contributed by atoms with Gasteiger partial charge in [0.2, 0.25) is 0 Å². The summed E-state index contributed by atoms with van der Waals surface area (Å²) >= 11 is 0. The van der Waals surface area contributed by atoms with E-state index < -0.39 is 0 Å². The number of ether oxygens (including phenoxy) is 1. The third-order valence-corrected chi connectivity index (χ3v) is 5.23. The highest BCUT2D eigenvalue weighted by Crippen LogP contribution is 2.36. The summed E-state index contributed by atoms with van der Waals surface area (Å²) in [7, 11) is 4.23. The molecule has 3 rings (SSSR count). The van der Waals surface area contributed by atoms with Crippen molar-refractivity contribution < 1.29 is 13.9 Å². The minimum absolute atomic E-state index is 0.0840. The molecule has 0 aromatic heterocycles. The first-order chi connectivity index (χ1) is 11.0. The number of halogens is 1. The number of amides is 1. The molecule has 2 fully saturated rings. The number of likely N-dealkylation sites (tertiary alicyclic amines) is 1. The molecule has 126 valence electrons. The maximum Gasteiger partial charge on any atom is 0.253 e. The third-order valence-electron chi connectivity index (χ3n) is 5.23. The van der Waals surface area contributed by atoms with Crippen molar-refractivity contribution in [3.8, 4) is 0 Å². The second-order valence-electron chi connectivity index (χ2n) is 6.94. The summed E-state index contributed by atoms with van der Waals surface area (Å²) in [5.41, 5.74) is 0.336. The molecule has 2 aliphatic heterocycles. The van der Waals surface area contributed by atoms with Crippen molar-refractivity contribution in [2.24, 2.45) is 0 Å². The highest BCUT2D eigenvalue weighted by Gasteiger charge is 2.41. The molecule has 5 heteroatoms. The maximum atomic E-state index is 13.3. The number of benzene rings is 1. The molecule has 2 saturated heterocycles. The van der Waals surface area contributed by atoms with Crippen LogP contribution in [-0.2, 0) is 4.74 Å². The number of hydrogen-bond donors (Lipinski definition) is 0. The Morgan fingerprint density at radius 3 is 2.74 bits per heavy atom. The van der Waals surface area contributed by atoms with Gasteiger partial charge in [-0.25, -0.2) is 4.39 Å². The SMILES string of the molecule is CN(C)C1CCOC2(CCN(C(=O)c3cccc(F)c3)CC2)C1. The summed E-state index contributed by atoms with van der Waals surface area (Å²) in [6.07, 6.45) is 3.82. The molecule has 1 spiro atoms. The molecule has 4 nitrogen and oxygen atoms in total. The Morgan fingerprint density at radius 1 is 1.35 bits per heavy atom. The van der Waals surface area contributed by atoms with Gasteiger partial charge in [0.05, 0.1) is 5.60 Å². The summed E-state index contributed by atoms with van der Waals surface area (Å²) < 4.78 is 19.4. The van der Waals surface area contributed by atoms with Crippen molar-refractivity contribution in [1.82, 2.24) is 9.80 Å². The molecular weight excluding hydrogens is 295 g/mol. The smallest absolute Gasteiger partial charge is 0.253 e. The van der Waals surface area contributed by atoms with Gasteiger partial charge in [0, 0.05) is 31.3 Å². The number of piperidine rings is 1. The summed E-state index contributed by atoms with van der Waals surface area (Å²) in [4.78, 5) is 16.6. The van der Waals surface area contributed by atoms with Crippen LogP contribution in [0.2, 0.25) is 0 Å². The van der Waals surface area contributed by atoms with Crippen LogP contribution >= 0.6 is 0 Å². The monoisotopic (exact) mass is 320 g/mol. The van der Waals surface area contributed by atoms with Gasteiger partial charge in [-0.2, -0.15) is 0 Å². The largest absolute Gasteiger partial charge is 0.375 e. The van der Waals surface area contributed by atoms with E-state index in [1.54, 1.807) is 12.1 Å². The fourth-order valence-electron chi connectivity index (χ4n) is 3.71. The van der Waals surface area contributed by atoms with E-state index in [1.165, 1.54) is 12.1 Å². The van der Waals surface area contributed by atoms with Crippen molar-refractivity contribution in [2.45, 2.75) is 37.3 Å². The van der Waals surface area contributed by atoms with Crippen LogP contribution in [-0.4, -0.2) is 61.1 Å². The number of carbonyl (C=O) groups is 1. The Hall–Kier alpha value is -1.46. The Morgan fingerprint density at radius 2 is 2.09 bits per heavy atom. The van der Waals surface area contributed by atoms with Crippen LogP contribution in [0.1, 0.15) is 36.0 Å². The summed E-state index contributed by atoms with van der Waals surface area (Å²) in [6.45, 7) is 2.14. The molecule has 1 amide bonds. The molecule has 2 aliphatic rings. The molecular formula is C18H25FN2O2. The van der Waals surface area contributed by atoms with E-state index in [0.29, 0.717) is 24.7 Å². The van der Waals surface area contributed by atoms with Crippen molar-refractivity contribution >= 4 is 5.91 Å². The minimum atomic E-state index is -0.367. The van der Waals surface area contributed by atoms with Gasteiger partial charge in [-0.15, -0.1) is 0 Å². The average Bonchev–Trinajstić information content (AvgIpc) is 2.55. The van der Waals surface area contributed by atoms with Crippen LogP contribution in [0, 0.1) is 5.82 Å². The van der Waals surface area contributed by atoms with E-state index in [-0.39, 0.29) is 17.3 Å². The van der Waals surface area contributed by atoms with E-state index in [2.05, 4.69) is 19.0 Å². The predicted molar refractivity (Wildman–Crippen MR) is 86.9 cm³/mol. The van der Waals surface area contributed by atoms with Gasteiger partial charge in [0.15, 0.2) is 0 Å². The Labute approximate surface area is 137 Å². The Kier molecular flexibility index (Phi) is 4.69. The minimum Gasteiger partial charge on any atom is -0.375 e. The van der Waals surface area contributed by atoms with Gasteiger partial charge in [0.1, 0.15) is 5.82 Å². The first-order valence-electron chi connectivity index (χ1n) is 8.34. The van der Waals surface area contributed by atoms with Crippen molar-refractivity contribution in [1.29, 1.82) is 0 Å². The zero-order valence-corrected chi connectivity index (χ0v) is 13.9. The van der Waals surface area contributed by atoms with Gasteiger partial charge in [-0.1, -0.05) is 6.07 Å². The van der Waals surface area contributed by atoms with Crippen molar-refractivity contribution in [3.63, 3.8) is 0 Å². The fourth-order valence-corrected chi connectivity index (χ4v) is 3.71. The van der Waals surface area contributed by atoms with E-state index in [0.717, 1.165) is 32.3 Å². The van der Waals surface area contributed by atoms with Crippen LogP contribution in [0.15, 0.2) is 24.3 Å². The Balaban J connectivity index is 1.63. The number of hydrogen-bond acceptors (Lipinski definition) is 3. The zero-order chi connectivity index (χ0) is 16.4. The highest BCUT2D eigenvalue weighted by atomic mass is 19.1. The van der Waals surface area contributed by atoms with Crippen LogP contribution in [0.5, 0.6) is 0 Å². The van der Waals surface area contributed by atoms with E-state index in [4.69, 9.17) is 4.74 Å². The van der Waals surface area contributed by atoms with Gasteiger partial charge in [-0.3, -0.25) is 4.79 Å². The molecule has 0 radical (unpaired) electrons. The summed E-state index contributed by atoms with van der Waals surface area (Å²) in [5.74, 6) is -0.451. The average molecular weight is 320 g/mol. The lowest BCUT2D eigenvalue weighted by Gasteiger charge is -2.47. The van der Waals surface area contributed by atoms with Crippen LogP contribution in [0.4, 0.5) is 4.39 Å². The molecule has 0 aliphatic carbocycles. The normalized spacial score (nSPS) is 24.2. The number of nitrogens with zero attached hydrogens (tertiary/aromatic N) is 2. The zero-order valence-electron chi connectivity index (χ0n) is 13.9. The fraction of sp³-hybridized carbons (Fsp3) is 0.611. The first kappa shape index (κ1) is 16.4. The number of rotatable bonds is 2. The second kappa shape index (κ2) is 6.57. The van der Waals surface area contributed by atoms with Gasteiger partial charge in [-0.05, 0) is 58.0 Å². The summed E-state index contributed by atoms with van der Waals surface area (Å²) in [6, 6.07) is 6.48. The molecule has 23 heavy (non-hydrogen) atoms. The van der Waals surface area contributed by atoms with Gasteiger partial charge in [0.25, 0.3) is 5.91 Å². The highest BCUT2D eigenvalue weighted by molar-refractivity contribution is 5.94. The van der Waals surface area contributed by atoms with Crippen molar-refractivity contribution in [2.75, 3.05) is 33.8 Å². The molecule has 0 N–H and O–H groups in total. The topological polar surface area (TPSA) is 32.8 Å². The Bertz CT molecular complexity index is 568. The van der Waals surface area contributed by atoms with E-state index in [1.807, 2.05) is 4.90 Å². The third kappa shape index (κ3) is 3.56. The molecule has 2 heterocycles. The standard InChI is InChI=1S/C18H25FN2O2/c1-20(2)16-6-11-23-18(13-16)7-9-21(10-8-18)17(22)14-4-3-5-15(19)12-14/h3-5,12,16H,6-11,13H2,1-2H3. The molecule has 1 aromatic carbocycles. The second-order valence-corrected chi connectivity index (χ2v) is 6.94. The molecule has 1 atom stereocenters. The molecule has 1 unspecified atom stereocenters. The van der Waals surface area contributed by atoms with Gasteiger partial charge >= 0.3 is 0 Å². The molecule has 0 saturated carbocycles. The van der Waals surface area contributed by atoms with E-state index >= 15 is 0 Å². The molecule has 1 aromatic rings. The van der Waals surface area contributed by atoms with E-state index in [9.17, 15) is 9.18 Å². The van der Waals surface area contributed by atoms with Crippen molar-refractivity contribution in [3.05, 3.63) is 35.6 Å². The lowest BCUT2D eigenvalue weighted by atomic mass is 9.82. The first-order valence-corrected chi connectivity index (χ1v) is 8.34. The molecule has 0 bridgehead atoms. The lowest BCUT2D eigenvalue weighted by Crippen LogP contribution is -2.53. The maximum absolute atomic E-state index is 13.3.